The highest BCUT2D eigenvalue weighted by Crippen LogP contribution is 2.19. The standard InChI is InChI=1S/C15H12INO3/c1-10(18)17-11-6-8-12(9-7-11)20-15(19)13-4-2-3-5-14(13)16/h2-9H,1H3,(H,17,18). The third kappa shape index (κ3) is 3.80. The van der Waals surface area contributed by atoms with E-state index in [4.69, 9.17) is 4.74 Å². The molecule has 4 nitrogen and oxygen atoms in total. The van der Waals surface area contributed by atoms with E-state index in [1.165, 1.54) is 6.92 Å². The number of hydrogen-bond donors (Lipinski definition) is 1. The van der Waals surface area contributed by atoms with E-state index in [0.29, 0.717) is 17.0 Å². The fourth-order valence-electron chi connectivity index (χ4n) is 1.60. The van der Waals surface area contributed by atoms with Gasteiger partial charge in [-0.15, -0.1) is 0 Å². The maximum atomic E-state index is 12.0. The number of amides is 1. The molecule has 0 aliphatic heterocycles. The number of carbonyl (C=O) groups excluding carboxylic acids is 2. The second-order valence-electron chi connectivity index (χ2n) is 4.07. The molecule has 0 bridgehead atoms. The minimum absolute atomic E-state index is 0.145. The van der Waals surface area contributed by atoms with Gasteiger partial charge in [0.1, 0.15) is 5.75 Å². The van der Waals surface area contributed by atoms with Gasteiger partial charge >= 0.3 is 5.97 Å². The number of nitrogens with one attached hydrogen (secondary N) is 1. The molecule has 102 valence electrons. The molecule has 0 aromatic heterocycles. The first kappa shape index (κ1) is 14.5. The van der Waals surface area contributed by atoms with Gasteiger partial charge in [0, 0.05) is 16.2 Å². The first-order valence-corrected chi connectivity index (χ1v) is 6.98. The molecule has 1 N–H and O–H groups in total. The monoisotopic (exact) mass is 381 g/mol. The van der Waals surface area contributed by atoms with Crippen LogP contribution in [0, 0.1) is 3.57 Å². The van der Waals surface area contributed by atoms with Crippen LogP contribution in [0.5, 0.6) is 5.75 Å². The van der Waals surface area contributed by atoms with E-state index in [1.54, 1.807) is 36.4 Å². The highest BCUT2D eigenvalue weighted by molar-refractivity contribution is 14.1. The zero-order valence-corrected chi connectivity index (χ0v) is 12.9. The number of halogens is 1. The summed E-state index contributed by atoms with van der Waals surface area (Å²) in [4.78, 5) is 22.9. The summed E-state index contributed by atoms with van der Waals surface area (Å²) in [5.41, 5.74) is 1.19. The van der Waals surface area contributed by atoms with E-state index in [1.807, 2.05) is 12.1 Å². The van der Waals surface area contributed by atoms with Crippen molar-refractivity contribution in [2.24, 2.45) is 0 Å². The second kappa shape index (κ2) is 6.51. The number of benzene rings is 2. The van der Waals surface area contributed by atoms with Crippen LogP contribution in [-0.4, -0.2) is 11.9 Å². The molecule has 1 amide bonds. The van der Waals surface area contributed by atoms with Gasteiger partial charge in [0.25, 0.3) is 0 Å². The molecule has 2 rings (SSSR count). The van der Waals surface area contributed by atoms with Crippen molar-refractivity contribution >= 4 is 40.2 Å². The molecule has 2 aromatic rings. The van der Waals surface area contributed by atoms with Crippen LogP contribution >= 0.6 is 22.6 Å². The smallest absolute Gasteiger partial charge is 0.344 e. The summed E-state index contributed by atoms with van der Waals surface area (Å²) < 4.78 is 6.12. The lowest BCUT2D eigenvalue weighted by Crippen LogP contribution is -2.10. The average molecular weight is 381 g/mol. The van der Waals surface area contributed by atoms with E-state index in [9.17, 15) is 9.59 Å². The molecule has 0 saturated carbocycles. The van der Waals surface area contributed by atoms with Gasteiger partial charge in [-0.25, -0.2) is 4.79 Å². The Morgan fingerprint density at radius 2 is 1.70 bits per heavy atom. The van der Waals surface area contributed by atoms with Gasteiger partial charge in [-0.3, -0.25) is 4.79 Å². The van der Waals surface area contributed by atoms with Crippen molar-refractivity contribution in [3.63, 3.8) is 0 Å². The Hall–Kier alpha value is -1.89. The van der Waals surface area contributed by atoms with Crippen LogP contribution in [0.4, 0.5) is 5.69 Å². The molecule has 0 aliphatic rings. The van der Waals surface area contributed by atoms with Crippen molar-refractivity contribution in [3.05, 3.63) is 57.7 Å². The minimum atomic E-state index is -0.401. The molecule has 20 heavy (non-hydrogen) atoms. The third-order valence-electron chi connectivity index (χ3n) is 2.48. The summed E-state index contributed by atoms with van der Waals surface area (Å²) in [6.07, 6.45) is 0. The van der Waals surface area contributed by atoms with Crippen molar-refractivity contribution in [2.75, 3.05) is 5.32 Å². The van der Waals surface area contributed by atoms with Crippen LogP contribution in [0.15, 0.2) is 48.5 Å². The summed E-state index contributed by atoms with van der Waals surface area (Å²) >= 11 is 2.09. The number of rotatable bonds is 3. The van der Waals surface area contributed by atoms with Crippen molar-refractivity contribution in [1.82, 2.24) is 0 Å². The Labute approximate surface area is 130 Å². The fourth-order valence-corrected chi connectivity index (χ4v) is 2.21. The molecule has 0 spiro atoms. The number of carbonyl (C=O) groups is 2. The fraction of sp³-hybridized carbons (Fsp3) is 0.0667. The van der Waals surface area contributed by atoms with Crippen LogP contribution in [0.3, 0.4) is 0 Å². The predicted molar refractivity (Wildman–Crippen MR) is 84.9 cm³/mol. The van der Waals surface area contributed by atoms with Crippen LogP contribution in [0.1, 0.15) is 17.3 Å². The van der Waals surface area contributed by atoms with Gasteiger partial charge in [0.15, 0.2) is 0 Å². The topological polar surface area (TPSA) is 55.4 Å². The molecule has 0 aliphatic carbocycles. The highest BCUT2D eigenvalue weighted by atomic mass is 127. The molecule has 0 atom stereocenters. The number of esters is 1. The largest absolute Gasteiger partial charge is 0.423 e. The van der Waals surface area contributed by atoms with Crippen molar-refractivity contribution in [1.29, 1.82) is 0 Å². The molecule has 0 fully saturated rings. The lowest BCUT2D eigenvalue weighted by molar-refractivity contribution is -0.114. The predicted octanol–water partition coefficient (Wildman–Crippen LogP) is 3.47. The Morgan fingerprint density at radius 1 is 1.05 bits per heavy atom. The average Bonchev–Trinajstić information content (AvgIpc) is 2.41. The van der Waals surface area contributed by atoms with E-state index < -0.39 is 5.97 Å². The minimum Gasteiger partial charge on any atom is -0.423 e. The van der Waals surface area contributed by atoms with Gasteiger partial charge in [-0.05, 0) is 59.0 Å². The van der Waals surface area contributed by atoms with E-state index in [2.05, 4.69) is 27.9 Å². The molecular weight excluding hydrogens is 369 g/mol. The summed E-state index contributed by atoms with van der Waals surface area (Å²) in [6, 6.07) is 13.9. The molecule has 0 unspecified atom stereocenters. The first-order chi connectivity index (χ1) is 9.56. The van der Waals surface area contributed by atoms with Crippen LogP contribution in [0.25, 0.3) is 0 Å². The van der Waals surface area contributed by atoms with E-state index >= 15 is 0 Å². The number of anilines is 1. The molecule has 5 heteroatoms. The van der Waals surface area contributed by atoms with Crippen LogP contribution in [0.2, 0.25) is 0 Å². The van der Waals surface area contributed by atoms with Crippen molar-refractivity contribution < 1.29 is 14.3 Å². The van der Waals surface area contributed by atoms with Gasteiger partial charge in [-0.2, -0.15) is 0 Å². The van der Waals surface area contributed by atoms with Crippen molar-refractivity contribution in [3.8, 4) is 5.75 Å². The Kier molecular flexibility index (Phi) is 4.73. The Morgan fingerprint density at radius 3 is 2.30 bits per heavy atom. The van der Waals surface area contributed by atoms with Gasteiger partial charge in [-0.1, -0.05) is 12.1 Å². The van der Waals surface area contributed by atoms with Crippen molar-refractivity contribution in [2.45, 2.75) is 6.92 Å². The molecule has 0 heterocycles. The summed E-state index contributed by atoms with van der Waals surface area (Å²) in [5.74, 6) is -0.111. The normalized spacial score (nSPS) is 9.90. The first-order valence-electron chi connectivity index (χ1n) is 5.90. The van der Waals surface area contributed by atoms with Gasteiger partial charge in [0.2, 0.25) is 5.91 Å². The molecule has 2 aromatic carbocycles. The van der Waals surface area contributed by atoms with Crippen LogP contribution < -0.4 is 10.1 Å². The van der Waals surface area contributed by atoms with E-state index in [-0.39, 0.29) is 5.91 Å². The maximum absolute atomic E-state index is 12.0. The molecule has 0 radical (unpaired) electrons. The number of hydrogen-bond acceptors (Lipinski definition) is 3. The van der Waals surface area contributed by atoms with Crippen LogP contribution in [-0.2, 0) is 4.79 Å². The van der Waals surface area contributed by atoms with E-state index in [0.717, 1.165) is 3.57 Å². The summed E-state index contributed by atoms with van der Waals surface area (Å²) in [6.45, 7) is 1.44. The lowest BCUT2D eigenvalue weighted by atomic mass is 10.2. The third-order valence-corrected chi connectivity index (χ3v) is 3.42. The maximum Gasteiger partial charge on any atom is 0.344 e. The Bertz CT molecular complexity index is 638. The lowest BCUT2D eigenvalue weighted by Gasteiger charge is -2.07. The second-order valence-corrected chi connectivity index (χ2v) is 5.24. The quantitative estimate of drug-likeness (QED) is 0.503. The SMILES string of the molecule is CC(=O)Nc1ccc(OC(=O)c2ccccc2I)cc1. The molecular formula is C15H12INO3. The number of ether oxygens (including phenoxy) is 1. The molecule has 0 saturated heterocycles. The summed E-state index contributed by atoms with van der Waals surface area (Å²) in [7, 11) is 0. The zero-order valence-electron chi connectivity index (χ0n) is 10.7. The summed E-state index contributed by atoms with van der Waals surface area (Å²) in [5, 5.41) is 2.65. The van der Waals surface area contributed by atoms with Gasteiger partial charge in [0.05, 0.1) is 5.56 Å². The van der Waals surface area contributed by atoms with Gasteiger partial charge < -0.3 is 10.1 Å². The Balaban J connectivity index is 2.09. The highest BCUT2D eigenvalue weighted by Gasteiger charge is 2.11. The zero-order chi connectivity index (χ0) is 14.5.